The molecular formula is C44H56O10. The largest absolute Gasteiger partial charge is 0.491 e. The van der Waals surface area contributed by atoms with Crippen LogP contribution < -0.4 is 9.47 Å². The van der Waals surface area contributed by atoms with Crippen LogP contribution in [0.25, 0.3) is 0 Å². The van der Waals surface area contributed by atoms with Crippen molar-refractivity contribution < 1.29 is 48.2 Å². The molecule has 0 aromatic heterocycles. The number of ether oxygens (including phenoxy) is 6. The minimum absolute atomic E-state index is 0.0157. The molecule has 3 aromatic carbocycles. The van der Waals surface area contributed by atoms with Gasteiger partial charge in [0.25, 0.3) is 0 Å². The molecule has 1 saturated carbocycles. The lowest BCUT2D eigenvalue weighted by atomic mass is 9.70. The Morgan fingerprint density at radius 2 is 1.02 bits per heavy atom. The zero-order valence-corrected chi connectivity index (χ0v) is 31.9. The zero-order chi connectivity index (χ0) is 38.9. The van der Waals surface area contributed by atoms with Crippen molar-refractivity contribution in [2.24, 2.45) is 0 Å². The molecule has 0 amide bonds. The predicted molar refractivity (Wildman–Crippen MR) is 207 cm³/mol. The highest BCUT2D eigenvalue weighted by atomic mass is 16.6. The van der Waals surface area contributed by atoms with Gasteiger partial charge in [-0.3, -0.25) is 0 Å². The Morgan fingerprint density at radius 1 is 0.630 bits per heavy atom. The molecular weight excluding hydrogens is 688 g/mol. The number of esters is 2. The van der Waals surface area contributed by atoms with E-state index in [4.69, 9.17) is 28.4 Å². The standard InChI is InChI=1S/C44H56O10/c1-31(2)42(47)53-29-38(45)27-49-23-25-51-40-19-15-36(16-20-40)44(5,35-13-11-34(12-14-35)33-9-7-6-8-10-33)37-17-21-41(22-18-37)52-26-24-50-28-39(46)30-54-43(48)32(3)4/h11-22,33,38-39,45-46H,1,3,6-10,23-30H2,2,4-5H3. The third-order valence-electron chi connectivity index (χ3n) is 9.55. The molecule has 2 atom stereocenters. The van der Waals surface area contributed by atoms with Gasteiger partial charge >= 0.3 is 11.9 Å². The topological polar surface area (TPSA) is 130 Å². The van der Waals surface area contributed by atoms with Crippen LogP contribution in [0.2, 0.25) is 0 Å². The van der Waals surface area contributed by atoms with Gasteiger partial charge in [0.15, 0.2) is 0 Å². The van der Waals surface area contributed by atoms with E-state index in [1.54, 1.807) is 13.8 Å². The van der Waals surface area contributed by atoms with Gasteiger partial charge in [0.2, 0.25) is 0 Å². The highest BCUT2D eigenvalue weighted by molar-refractivity contribution is 5.87. The van der Waals surface area contributed by atoms with Gasteiger partial charge in [-0.15, -0.1) is 0 Å². The first-order valence-electron chi connectivity index (χ1n) is 18.7. The summed E-state index contributed by atoms with van der Waals surface area (Å²) < 4.78 is 32.8. The summed E-state index contributed by atoms with van der Waals surface area (Å²) in [6.45, 7) is 13.2. The van der Waals surface area contributed by atoms with Crippen LogP contribution in [-0.4, -0.2) is 87.2 Å². The summed E-state index contributed by atoms with van der Waals surface area (Å²) in [5, 5.41) is 20.0. The fourth-order valence-electron chi connectivity index (χ4n) is 6.36. The number of carbonyl (C=O) groups is 2. The van der Waals surface area contributed by atoms with Crippen molar-refractivity contribution in [2.75, 3.05) is 52.9 Å². The smallest absolute Gasteiger partial charge is 0.333 e. The summed E-state index contributed by atoms with van der Waals surface area (Å²) in [6.07, 6.45) is 4.51. The maximum atomic E-state index is 11.5. The summed E-state index contributed by atoms with van der Waals surface area (Å²) in [4.78, 5) is 23.0. The van der Waals surface area contributed by atoms with Crippen molar-refractivity contribution in [3.8, 4) is 11.5 Å². The number of hydrogen-bond donors (Lipinski definition) is 2. The molecule has 1 aliphatic rings. The van der Waals surface area contributed by atoms with E-state index in [1.165, 1.54) is 43.2 Å². The normalized spacial score (nSPS) is 15.4. The van der Waals surface area contributed by atoms with Crippen molar-refractivity contribution in [3.05, 3.63) is 119 Å². The van der Waals surface area contributed by atoms with Crippen molar-refractivity contribution in [1.82, 2.24) is 0 Å². The molecule has 2 unspecified atom stereocenters. The van der Waals surface area contributed by atoms with Crippen molar-refractivity contribution in [1.29, 1.82) is 0 Å². The number of rotatable bonds is 22. The molecule has 3 aromatic rings. The molecule has 1 fully saturated rings. The molecule has 0 aliphatic heterocycles. The molecule has 4 rings (SSSR count). The SMILES string of the molecule is C=C(C)C(=O)OCC(O)COCCOc1ccc(C(C)(c2ccc(OCCOCC(O)COC(=O)C(=C)C)cc2)c2ccc(C3CCCCC3)cc2)cc1. The van der Waals surface area contributed by atoms with Gasteiger partial charge < -0.3 is 38.6 Å². The lowest BCUT2D eigenvalue weighted by molar-refractivity contribution is -0.143. The highest BCUT2D eigenvalue weighted by Gasteiger charge is 2.32. The maximum absolute atomic E-state index is 11.5. The third-order valence-corrected chi connectivity index (χ3v) is 9.55. The first-order chi connectivity index (χ1) is 26.0. The van der Waals surface area contributed by atoms with Crippen LogP contribution >= 0.6 is 0 Å². The molecule has 54 heavy (non-hydrogen) atoms. The van der Waals surface area contributed by atoms with E-state index in [0.29, 0.717) is 17.4 Å². The summed E-state index contributed by atoms with van der Waals surface area (Å²) in [5.74, 6) is 0.910. The molecule has 2 N–H and O–H groups in total. The molecule has 0 spiro atoms. The highest BCUT2D eigenvalue weighted by Crippen LogP contribution is 2.41. The van der Waals surface area contributed by atoms with Crippen molar-refractivity contribution in [3.63, 3.8) is 0 Å². The van der Waals surface area contributed by atoms with Crippen LogP contribution in [0.4, 0.5) is 0 Å². The average molecular weight is 745 g/mol. The maximum Gasteiger partial charge on any atom is 0.333 e. The van der Waals surface area contributed by atoms with Crippen LogP contribution in [0.3, 0.4) is 0 Å². The van der Waals surface area contributed by atoms with Crippen LogP contribution in [0.5, 0.6) is 11.5 Å². The lowest BCUT2D eigenvalue weighted by Crippen LogP contribution is -2.25. The molecule has 292 valence electrons. The molecule has 0 radical (unpaired) electrons. The van der Waals surface area contributed by atoms with Crippen LogP contribution in [-0.2, 0) is 34.0 Å². The minimum atomic E-state index is -0.936. The number of aliphatic hydroxyl groups excluding tert-OH is 2. The van der Waals surface area contributed by atoms with Crippen LogP contribution in [0.15, 0.2) is 97.1 Å². The van der Waals surface area contributed by atoms with E-state index in [1.807, 2.05) is 24.3 Å². The van der Waals surface area contributed by atoms with Gasteiger partial charge in [0.05, 0.1) is 26.4 Å². The van der Waals surface area contributed by atoms with Gasteiger partial charge in [0.1, 0.15) is 50.1 Å². The molecule has 0 saturated heterocycles. The van der Waals surface area contributed by atoms with E-state index in [0.717, 1.165) is 11.1 Å². The van der Waals surface area contributed by atoms with E-state index >= 15 is 0 Å². The molecule has 0 heterocycles. The Hall–Kier alpha value is -4.48. The zero-order valence-electron chi connectivity index (χ0n) is 31.9. The van der Waals surface area contributed by atoms with Crippen molar-refractivity contribution in [2.45, 2.75) is 76.4 Å². The average Bonchev–Trinajstić information content (AvgIpc) is 3.19. The molecule has 0 bridgehead atoms. The van der Waals surface area contributed by atoms with Gasteiger partial charge in [-0.05, 0) is 86.1 Å². The summed E-state index contributed by atoms with van der Waals surface area (Å²) >= 11 is 0. The molecule has 1 aliphatic carbocycles. The summed E-state index contributed by atoms with van der Waals surface area (Å²) in [6, 6.07) is 25.3. The predicted octanol–water partition coefficient (Wildman–Crippen LogP) is 6.84. The molecule has 10 heteroatoms. The second-order valence-electron chi connectivity index (χ2n) is 14.0. The van der Waals surface area contributed by atoms with E-state index in [2.05, 4.69) is 68.6 Å². The van der Waals surface area contributed by atoms with Crippen LogP contribution in [0, 0.1) is 0 Å². The monoisotopic (exact) mass is 744 g/mol. The Morgan fingerprint density at radius 3 is 1.41 bits per heavy atom. The second-order valence-corrected chi connectivity index (χ2v) is 14.0. The number of aliphatic hydroxyl groups is 2. The van der Waals surface area contributed by atoms with Gasteiger partial charge in [0, 0.05) is 16.6 Å². The Balaban J connectivity index is 1.37. The fourth-order valence-corrected chi connectivity index (χ4v) is 6.36. The minimum Gasteiger partial charge on any atom is -0.491 e. The molecule has 10 nitrogen and oxygen atoms in total. The number of hydrogen-bond acceptors (Lipinski definition) is 10. The quantitative estimate of drug-likeness (QED) is 0.0488. The first kappa shape index (κ1) is 42.3. The van der Waals surface area contributed by atoms with Crippen molar-refractivity contribution >= 4 is 11.9 Å². The summed E-state index contributed by atoms with van der Waals surface area (Å²) in [7, 11) is 0. The van der Waals surface area contributed by atoms with E-state index < -0.39 is 29.6 Å². The Labute approximate surface area is 319 Å². The lowest BCUT2D eigenvalue weighted by Gasteiger charge is -2.33. The van der Waals surface area contributed by atoms with E-state index in [9.17, 15) is 19.8 Å². The van der Waals surface area contributed by atoms with Gasteiger partial charge in [-0.2, -0.15) is 0 Å². The van der Waals surface area contributed by atoms with E-state index in [-0.39, 0.29) is 64.0 Å². The first-order valence-corrected chi connectivity index (χ1v) is 18.7. The number of carbonyl (C=O) groups excluding carboxylic acids is 2. The Bertz CT molecular complexity index is 1540. The summed E-state index contributed by atoms with van der Waals surface area (Å²) in [5.41, 5.74) is 4.83. The second kappa shape index (κ2) is 21.4. The van der Waals surface area contributed by atoms with Gasteiger partial charge in [-0.1, -0.05) is 81.0 Å². The van der Waals surface area contributed by atoms with Gasteiger partial charge in [-0.25, -0.2) is 9.59 Å². The third kappa shape index (κ3) is 12.8. The number of benzene rings is 3. The Kier molecular flexibility index (Phi) is 16.8. The fraction of sp³-hybridized carbons (Fsp3) is 0.455. The van der Waals surface area contributed by atoms with Crippen LogP contribution in [0.1, 0.15) is 81.0 Å².